The van der Waals surface area contributed by atoms with E-state index in [1.54, 1.807) is 10.9 Å². The Bertz CT molecular complexity index is 1210. The molecule has 0 aliphatic heterocycles. The number of carbonyl (C=O) groups is 1. The second-order valence-corrected chi connectivity index (χ2v) is 12.4. The van der Waals surface area contributed by atoms with Gasteiger partial charge >= 0.3 is 0 Å². The molecule has 0 saturated heterocycles. The second-order valence-electron chi connectivity index (χ2n) is 9.25. The van der Waals surface area contributed by atoms with Gasteiger partial charge in [-0.3, -0.25) is 14.4 Å². The summed E-state index contributed by atoms with van der Waals surface area (Å²) in [6, 6.07) is 1.73. The van der Waals surface area contributed by atoms with Gasteiger partial charge < -0.3 is 10.7 Å². The summed E-state index contributed by atoms with van der Waals surface area (Å²) in [6.07, 6.45) is 7.36. The van der Waals surface area contributed by atoms with Gasteiger partial charge in [0.05, 0.1) is 6.20 Å². The third kappa shape index (κ3) is 4.71. The number of nitrogens with one attached hydrogen (secondary N) is 3. The van der Waals surface area contributed by atoms with E-state index in [4.69, 9.17) is 18.1 Å². The zero-order valence-electron chi connectivity index (χ0n) is 18.9. The standard InChI is InChI=1S/C21H29N7O3S3/c1-27-17(8-9-23-27)28(21(32)26-22)14-6-7-16-15(10-14)18(34(30,31)24-11-12-2-3-12)20(33-16)25-19(29)13-4-5-13/h8-9,12-14,24H,2-7,10-11,22H2,1H3,(H,25,29)(H,26,32). The van der Waals surface area contributed by atoms with Crippen molar-refractivity contribution in [1.29, 1.82) is 0 Å². The lowest BCUT2D eigenvalue weighted by Crippen LogP contribution is -2.51. The monoisotopic (exact) mass is 523 g/mol. The largest absolute Gasteiger partial charge is 0.316 e. The number of thiophene rings is 1. The van der Waals surface area contributed by atoms with Crippen LogP contribution in [0, 0.1) is 11.8 Å². The van der Waals surface area contributed by atoms with E-state index in [-0.39, 0.29) is 22.8 Å². The number of hydrogen-bond acceptors (Lipinski definition) is 7. The molecule has 0 spiro atoms. The fraction of sp³-hybridized carbons (Fsp3) is 0.571. The van der Waals surface area contributed by atoms with E-state index >= 15 is 0 Å². The minimum atomic E-state index is -3.80. The van der Waals surface area contributed by atoms with Gasteiger partial charge in [-0.15, -0.1) is 11.3 Å². The quantitative estimate of drug-likeness (QED) is 0.233. The number of nitrogens with two attached hydrogens (primary N) is 1. The van der Waals surface area contributed by atoms with Crippen molar-refractivity contribution >= 4 is 55.4 Å². The maximum atomic E-state index is 13.5. The van der Waals surface area contributed by atoms with Crippen molar-refractivity contribution in [1.82, 2.24) is 19.9 Å². The summed E-state index contributed by atoms with van der Waals surface area (Å²) in [6.45, 7) is 0.425. The molecule has 0 radical (unpaired) electrons. The summed E-state index contributed by atoms with van der Waals surface area (Å²) < 4.78 is 31.5. The first kappa shape index (κ1) is 23.7. The van der Waals surface area contributed by atoms with Crippen LogP contribution in [0.1, 0.15) is 42.5 Å². The summed E-state index contributed by atoms with van der Waals surface area (Å²) in [5, 5.41) is 7.95. The molecule has 184 valence electrons. The highest BCUT2D eigenvalue weighted by Gasteiger charge is 2.38. The molecular weight excluding hydrogens is 494 g/mol. The third-order valence-electron chi connectivity index (χ3n) is 6.65. The molecule has 5 N–H and O–H groups in total. The third-order valence-corrected chi connectivity index (χ3v) is 9.83. The molecule has 1 atom stereocenters. The van der Waals surface area contributed by atoms with E-state index in [0.29, 0.717) is 35.4 Å². The Labute approximate surface area is 208 Å². The lowest BCUT2D eigenvalue weighted by Gasteiger charge is -2.35. The van der Waals surface area contributed by atoms with E-state index in [2.05, 4.69) is 20.6 Å². The lowest BCUT2D eigenvalue weighted by molar-refractivity contribution is -0.117. The second kappa shape index (κ2) is 9.19. The first-order valence-corrected chi connectivity index (χ1v) is 14.2. The van der Waals surface area contributed by atoms with Gasteiger partial charge in [0.2, 0.25) is 15.9 Å². The predicted molar refractivity (Wildman–Crippen MR) is 135 cm³/mol. The van der Waals surface area contributed by atoms with E-state index in [9.17, 15) is 13.2 Å². The number of sulfonamides is 1. The van der Waals surface area contributed by atoms with Gasteiger partial charge in [-0.2, -0.15) is 5.10 Å². The van der Waals surface area contributed by atoms with Gasteiger partial charge in [0.25, 0.3) is 0 Å². The van der Waals surface area contributed by atoms with Crippen molar-refractivity contribution in [2.45, 2.75) is 55.9 Å². The van der Waals surface area contributed by atoms with Crippen LogP contribution < -0.4 is 26.2 Å². The number of anilines is 2. The van der Waals surface area contributed by atoms with Crippen LogP contribution in [0.25, 0.3) is 0 Å². The molecule has 34 heavy (non-hydrogen) atoms. The molecule has 2 aromatic rings. The molecule has 2 fully saturated rings. The number of carbonyl (C=O) groups excluding carboxylic acids is 1. The Kier molecular flexibility index (Phi) is 6.40. The molecule has 0 aromatic carbocycles. The first-order chi connectivity index (χ1) is 16.3. The SMILES string of the molecule is Cn1nccc1N(C(=S)NN)C1CCc2sc(NC(=O)C3CC3)c(S(=O)(=O)NCC3CC3)c2C1. The highest BCUT2D eigenvalue weighted by atomic mass is 32.2. The Morgan fingerprint density at radius 3 is 2.71 bits per heavy atom. The van der Waals surface area contributed by atoms with Crippen LogP contribution in [-0.2, 0) is 34.7 Å². The van der Waals surface area contributed by atoms with Crippen LogP contribution in [0.3, 0.4) is 0 Å². The Morgan fingerprint density at radius 1 is 1.32 bits per heavy atom. The van der Waals surface area contributed by atoms with Crippen LogP contribution in [0.2, 0.25) is 0 Å². The highest BCUT2D eigenvalue weighted by molar-refractivity contribution is 7.90. The Morgan fingerprint density at radius 2 is 2.09 bits per heavy atom. The van der Waals surface area contributed by atoms with Crippen LogP contribution in [0.5, 0.6) is 0 Å². The first-order valence-electron chi connectivity index (χ1n) is 11.5. The molecule has 0 bridgehead atoms. The van der Waals surface area contributed by atoms with Gasteiger partial charge in [0.1, 0.15) is 15.7 Å². The number of hydrazine groups is 1. The van der Waals surface area contributed by atoms with Crippen LogP contribution in [0.4, 0.5) is 10.8 Å². The van der Waals surface area contributed by atoms with E-state index in [1.807, 2.05) is 18.0 Å². The van der Waals surface area contributed by atoms with Gasteiger partial charge in [-0.05, 0) is 68.6 Å². The zero-order chi connectivity index (χ0) is 24.0. The number of aryl methyl sites for hydroxylation is 2. The van der Waals surface area contributed by atoms with Gasteiger partial charge in [-0.1, -0.05) is 0 Å². The summed E-state index contributed by atoms with van der Waals surface area (Å²) in [5.74, 6) is 6.73. The van der Waals surface area contributed by atoms with Gasteiger partial charge in [0, 0.05) is 36.5 Å². The maximum Gasteiger partial charge on any atom is 0.243 e. The molecular formula is C21H29N7O3S3. The van der Waals surface area contributed by atoms with Crippen LogP contribution in [-0.4, -0.2) is 41.8 Å². The van der Waals surface area contributed by atoms with E-state index < -0.39 is 10.0 Å². The molecule has 13 heteroatoms. The van der Waals surface area contributed by atoms with Crippen molar-refractivity contribution in [3.63, 3.8) is 0 Å². The molecule has 3 aliphatic rings. The van der Waals surface area contributed by atoms with Crippen molar-refractivity contribution in [3.05, 3.63) is 22.7 Å². The topological polar surface area (TPSA) is 134 Å². The summed E-state index contributed by atoms with van der Waals surface area (Å²) in [5.41, 5.74) is 3.32. The molecule has 1 unspecified atom stereocenters. The summed E-state index contributed by atoms with van der Waals surface area (Å²) >= 11 is 6.89. The van der Waals surface area contributed by atoms with Crippen molar-refractivity contribution in [2.24, 2.45) is 24.7 Å². The molecule has 2 saturated carbocycles. The average Bonchev–Trinajstić information content (AvgIpc) is 3.73. The number of rotatable bonds is 8. The summed E-state index contributed by atoms with van der Waals surface area (Å²) in [4.78, 5) is 15.7. The Balaban J connectivity index is 1.50. The van der Waals surface area contributed by atoms with Crippen molar-refractivity contribution < 1.29 is 13.2 Å². The molecule has 10 nitrogen and oxygen atoms in total. The number of aromatic nitrogens is 2. The molecule has 5 rings (SSSR count). The number of nitrogens with zero attached hydrogens (tertiary/aromatic N) is 3. The molecule has 2 aromatic heterocycles. The van der Waals surface area contributed by atoms with Crippen molar-refractivity contribution in [3.8, 4) is 0 Å². The van der Waals surface area contributed by atoms with E-state index in [0.717, 1.165) is 48.4 Å². The minimum Gasteiger partial charge on any atom is -0.316 e. The fourth-order valence-corrected chi connectivity index (χ4v) is 7.77. The number of hydrogen-bond donors (Lipinski definition) is 4. The normalized spacial score (nSPS) is 20.0. The number of thiocarbonyl (C=S) groups is 1. The minimum absolute atomic E-state index is 0.0183. The smallest absolute Gasteiger partial charge is 0.243 e. The summed E-state index contributed by atoms with van der Waals surface area (Å²) in [7, 11) is -1.97. The average molecular weight is 524 g/mol. The molecule has 3 aliphatic carbocycles. The lowest BCUT2D eigenvalue weighted by atomic mass is 9.93. The van der Waals surface area contributed by atoms with Crippen LogP contribution in [0.15, 0.2) is 17.2 Å². The fourth-order valence-electron chi connectivity index (χ4n) is 4.44. The molecule has 2 heterocycles. The van der Waals surface area contributed by atoms with E-state index in [1.165, 1.54) is 11.3 Å². The van der Waals surface area contributed by atoms with Gasteiger partial charge in [-0.25, -0.2) is 19.0 Å². The Hall–Kier alpha value is -2.06. The van der Waals surface area contributed by atoms with Crippen LogP contribution >= 0.6 is 23.6 Å². The number of fused-ring (bicyclic) bond motifs is 1. The predicted octanol–water partition coefficient (Wildman–Crippen LogP) is 1.63. The number of amides is 1. The zero-order valence-corrected chi connectivity index (χ0v) is 21.4. The highest BCUT2D eigenvalue weighted by Crippen LogP contribution is 2.43. The van der Waals surface area contributed by atoms with Crippen molar-refractivity contribution in [2.75, 3.05) is 16.8 Å². The van der Waals surface area contributed by atoms with Gasteiger partial charge in [0.15, 0.2) is 5.11 Å². The molecule has 1 amide bonds. The maximum absolute atomic E-state index is 13.5.